The first-order chi connectivity index (χ1) is 14.8. The molecule has 1 aliphatic rings. The summed E-state index contributed by atoms with van der Waals surface area (Å²) in [5, 5.41) is 8.18. The van der Waals surface area contributed by atoms with Crippen molar-refractivity contribution in [1.82, 2.24) is 10.2 Å². The molecule has 3 rings (SSSR count). The maximum absolute atomic E-state index is 12.8. The molecule has 1 saturated heterocycles. The van der Waals surface area contributed by atoms with E-state index in [1.165, 1.54) is 17.7 Å². The number of carbonyl (C=O) groups excluding carboxylic acids is 1. The van der Waals surface area contributed by atoms with Crippen LogP contribution in [0.1, 0.15) is 55.8 Å². The largest absolute Gasteiger partial charge is 0.497 e. The molecule has 0 spiro atoms. The number of sulfonamides is 1. The molecule has 0 aromatic heterocycles. The highest BCUT2D eigenvalue weighted by Crippen LogP contribution is 2.31. The van der Waals surface area contributed by atoms with Gasteiger partial charge in [-0.2, -0.15) is 0 Å². The molecule has 0 saturated carbocycles. The van der Waals surface area contributed by atoms with Crippen molar-refractivity contribution in [2.24, 2.45) is 5.14 Å². The lowest BCUT2D eigenvalue weighted by Crippen LogP contribution is -2.40. The number of primary sulfonamides is 1. The van der Waals surface area contributed by atoms with Gasteiger partial charge >= 0.3 is 0 Å². The van der Waals surface area contributed by atoms with Crippen molar-refractivity contribution in [2.45, 2.75) is 49.6 Å². The molecule has 1 heterocycles. The number of rotatable bonds is 7. The van der Waals surface area contributed by atoms with E-state index >= 15 is 0 Å². The lowest BCUT2D eigenvalue weighted by molar-refractivity contribution is -0.123. The van der Waals surface area contributed by atoms with Crippen LogP contribution in [0.4, 0.5) is 0 Å². The van der Waals surface area contributed by atoms with Crippen molar-refractivity contribution in [1.29, 1.82) is 0 Å². The second-order valence-corrected chi connectivity index (χ2v) is 9.57. The molecule has 168 valence electrons. The highest BCUT2D eigenvalue weighted by Gasteiger charge is 2.25. The van der Waals surface area contributed by atoms with Crippen LogP contribution in [0.3, 0.4) is 0 Å². The standard InChI is InChI=1S/C23H31N3O4S/c1-17(18-9-13-21(14-10-18)31(24,28)29)25-23(27)16-26-15-5-3-4-6-22(26)19-7-11-20(30-2)12-8-19/h7-14,17,22H,3-6,15-16H2,1-2H3,(H,25,27)(H2,24,28,29). The van der Waals surface area contributed by atoms with Gasteiger partial charge in [-0.1, -0.05) is 37.1 Å². The topological polar surface area (TPSA) is 102 Å². The molecule has 1 amide bonds. The van der Waals surface area contributed by atoms with Crippen LogP contribution in [0, 0.1) is 0 Å². The van der Waals surface area contributed by atoms with Crippen molar-refractivity contribution in [3.63, 3.8) is 0 Å². The third-order valence-electron chi connectivity index (χ3n) is 5.80. The normalized spacial score (nSPS) is 18.7. The van der Waals surface area contributed by atoms with E-state index in [0.29, 0.717) is 6.54 Å². The number of carbonyl (C=O) groups is 1. The lowest BCUT2D eigenvalue weighted by Gasteiger charge is -2.30. The molecule has 8 heteroatoms. The molecular formula is C23H31N3O4S. The van der Waals surface area contributed by atoms with Crippen LogP contribution in [0.5, 0.6) is 5.75 Å². The van der Waals surface area contributed by atoms with E-state index in [1.807, 2.05) is 19.1 Å². The average molecular weight is 446 g/mol. The molecule has 0 bridgehead atoms. The zero-order chi connectivity index (χ0) is 22.4. The molecule has 1 aliphatic heterocycles. The van der Waals surface area contributed by atoms with Crippen LogP contribution in [-0.4, -0.2) is 39.4 Å². The molecule has 0 aliphatic carbocycles. The Kier molecular flexibility index (Phi) is 7.69. The number of nitrogens with zero attached hydrogens (tertiary/aromatic N) is 1. The van der Waals surface area contributed by atoms with Gasteiger partial charge in [-0.05, 0) is 61.7 Å². The number of methoxy groups -OCH3 is 1. The Labute approximate surface area is 184 Å². The minimum atomic E-state index is -3.73. The summed E-state index contributed by atoms with van der Waals surface area (Å²) in [7, 11) is -2.08. The summed E-state index contributed by atoms with van der Waals surface area (Å²) in [6.07, 6.45) is 4.40. The molecule has 31 heavy (non-hydrogen) atoms. The van der Waals surface area contributed by atoms with Crippen LogP contribution in [0.2, 0.25) is 0 Å². The Morgan fingerprint density at radius 3 is 2.42 bits per heavy atom. The van der Waals surface area contributed by atoms with Crippen molar-refractivity contribution in [3.8, 4) is 5.75 Å². The minimum absolute atomic E-state index is 0.0524. The highest BCUT2D eigenvalue weighted by molar-refractivity contribution is 7.89. The summed E-state index contributed by atoms with van der Waals surface area (Å²) < 4.78 is 28.1. The lowest BCUT2D eigenvalue weighted by atomic mass is 10.0. The maximum Gasteiger partial charge on any atom is 0.238 e. The van der Waals surface area contributed by atoms with E-state index < -0.39 is 10.0 Å². The van der Waals surface area contributed by atoms with E-state index in [4.69, 9.17) is 9.88 Å². The fraction of sp³-hybridized carbons (Fsp3) is 0.435. The molecule has 1 fully saturated rings. The molecule has 2 atom stereocenters. The second kappa shape index (κ2) is 10.3. The summed E-state index contributed by atoms with van der Waals surface area (Å²) in [5.41, 5.74) is 2.02. The van der Waals surface area contributed by atoms with E-state index in [9.17, 15) is 13.2 Å². The number of benzene rings is 2. The van der Waals surface area contributed by atoms with Gasteiger partial charge < -0.3 is 10.1 Å². The summed E-state index contributed by atoms with van der Waals surface area (Å²) in [5.74, 6) is 0.771. The molecule has 2 aromatic carbocycles. The number of hydrogen-bond acceptors (Lipinski definition) is 5. The fourth-order valence-electron chi connectivity index (χ4n) is 4.06. The van der Waals surface area contributed by atoms with E-state index in [0.717, 1.165) is 43.5 Å². The van der Waals surface area contributed by atoms with Gasteiger partial charge in [0.15, 0.2) is 0 Å². The predicted molar refractivity (Wildman–Crippen MR) is 120 cm³/mol. The Morgan fingerprint density at radius 2 is 1.81 bits per heavy atom. The third-order valence-corrected chi connectivity index (χ3v) is 6.73. The first kappa shape index (κ1) is 23.2. The van der Waals surface area contributed by atoms with E-state index in [2.05, 4.69) is 22.3 Å². The SMILES string of the molecule is COc1ccc(C2CCCCCN2CC(=O)NC(C)c2ccc(S(N)(=O)=O)cc2)cc1. The monoisotopic (exact) mass is 445 g/mol. The van der Waals surface area contributed by atoms with Gasteiger partial charge in [0.2, 0.25) is 15.9 Å². The Morgan fingerprint density at radius 1 is 1.13 bits per heavy atom. The number of ether oxygens (including phenoxy) is 1. The van der Waals surface area contributed by atoms with Crippen molar-refractivity contribution >= 4 is 15.9 Å². The number of hydrogen-bond donors (Lipinski definition) is 2. The predicted octanol–water partition coefficient (Wildman–Crippen LogP) is 3.14. The summed E-state index contributed by atoms with van der Waals surface area (Å²) in [4.78, 5) is 15.1. The van der Waals surface area contributed by atoms with Gasteiger partial charge in [-0.15, -0.1) is 0 Å². The van der Waals surface area contributed by atoms with Gasteiger partial charge in [0.1, 0.15) is 5.75 Å². The van der Waals surface area contributed by atoms with Crippen molar-refractivity contribution in [3.05, 3.63) is 59.7 Å². The summed E-state index contributed by atoms with van der Waals surface area (Å²) in [6.45, 7) is 3.07. The van der Waals surface area contributed by atoms with Gasteiger partial charge in [-0.25, -0.2) is 13.6 Å². The van der Waals surface area contributed by atoms with Crippen LogP contribution in [0.15, 0.2) is 53.4 Å². The molecule has 3 N–H and O–H groups in total. The smallest absolute Gasteiger partial charge is 0.238 e. The zero-order valence-corrected chi connectivity index (χ0v) is 18.9. The van der Waals surface area contributed by atoms with Crippen LogP contribution in [-0.2, 0) is 14.8 Å². The minimum Gasteiger partial charge on any atom is -0.497 e. The van der Waals surface area contributed by atoms with E-state index in [-0.39, 0.29) is 22.9 Å². The molecular weight excluding hydrogens is 414 g/mol. The second-order valence-electron chi connectivity index (χ2n) is 8.01. The van der Waals surface area contributed by atoms with Crippen molar-refractivity contribution in [2.75, 3.05) is 20.2 Å². The first-order valence-corrected chi connectivity index (χ1v) is 12.1. The Hall–Kier alpha value is -2.42. The summed E-state index contributed by atoms with van der Waals surface area (Å²) >= 11 is 0. The molecule has 0 radical (unpaired) electrons. The van der Waals surface area contributed by atoms with Gasteiger partial charge in [0.05, 0.1) is 24.6 Å². The van der Waals surface area contributed by atoms with E-state index in [1.54, 1.807) is 19.2 Å². The number of likely N-dealkylation sites (tertiary alicyclic amines) is 1. The quantitative estimate of drug-likeness (QED) is 0.682. The number of amides is 1. The first-order valence-electron chi connectivity index (χ1n) is 10.6. The van der Waals surface area contributed by atoms with Gasteiger partial charge in [-0.3, -0.25) is 9.69 Å². The molecule has 7 nitrogen and oxygen atoms in total. The Balaban J connectivity index is 1.66. The molecule has 2 unspecified atom stereocenters. The van der Waals surface area contributed by atoms with Gasteiger partial charge in [0, 0.05) is 6.04 Å². The molecule has 2 aromatic rings. The number of nitrogens with two attached hydrogens (primary N) is 1. The average Bonchev–Trinajstić information content (AvgIpc) is 2.98. The van der Waals surface area contributed by atoms with Crippen LogP contribution in [0.25, 0.3) is 0 Å². The zero-order valence-electron chi connectivity index (χ0n) is 18.1. The Bertz CT molecular complexity index is 975. The van der Waals surface area contributed by atoms with Crippen LogP contribution < -0.4 is 15.2 Å². The fourth-order valence-corrected chi connectivity index (χ4v) is 4.58. The number of nitrogens with one attached hydrogen (secondary N) is 1. The maximum atomic E-state index is 12.8. The van der Waals surface area contributed by atoms with Gasteiger partial charge in [0.25, 0.3) is 0 Å². The third kappa shape index (κ3) is 6.29. The van der Waals surface area contributed by atoms with Crippen LogP contribution >= 0.6 is 0 Å². The highest BCUT2D eigenvalue weighted by atomic mass is 32.2. The summed E-state index contributed by atoms with van der Waals surface area (Å²) in [6, 6.07) is 14.3. The van der Waals surface area contributed by atoms with Crippen molar-refractivity contribution < 1.29 is 17.9 Å².